The molecule has 1 aromatic rings. The zero-order valence-corrected chi connectivity index (χ0v) is 9.07. The molecule has 0 atom stereocenters. The van der Waals surface area contributed by atoms with Gasteiger partial charge in [-0.05, 0) is 22.0 Å². The fourth-order valence-corrected chi connectivity index (χ4v) is 1.38. The summed E-state index contributed by atoms with van der Waals surface area (Å²) in [7, 11) is 0. The first-order chi connectivity index (χ1) is 7.00. The van der Waals surface area contributed by atoms with E-state index in [-0.39, 0.29) is 11.7 Å². The molecular weight excluding hydrogens is 267 g/mol. The Labute approximate surface area is 93.4 Å². The molecule has 0 spiro atoms. The summed E-state index contributed by atoms with van der Waals surface area (Å²) < 4.78 is 13.1. The molecule has 0 radical (unpaired) electrons. The highest BCUT2D eigenvalue weighted by atomic mass is 79.9. The van der Waals surface area contributed by atoms with E-state index in [4.69, 9.17) is 11.5 Å². The maximum Gasteiger partial charge on any atom is 0.211 e. The van der Waals surface area contributed by atoms with Gasteiger partial charge in [0.05, 0.1) is 11.8 Å². The number of phenolic OH excluding ortho intramolecular Hbond substituents is 1. The zero-order chi connectivity index (χ0) is 11.4. The summed E-state index contributed by atoms with van der Waals surface area (Å²) in [6, 6.07) is 2.15. The molecule has 0 aliphatic heterocycles. The molecule has 15 heavy (non-hydrogen) atoms. The number of phenols is 1. The van der Waals surface area contributed by atoms with Crippen LogP contribution in [0, 0.1) is 5.82 Å². The van der Waals surface area contributed by atoms with Crippen molar-refractivity contribution in [3.63, 3.8) is 0 Å². The van der Waals surface area contributed by atoms with E-state index >= 15 is 0 Å². The van der Waals surface area contributed by atoms with Crippen molar-refractivity contribution in [1.29, 1.82) is 0 Å². The summed E-state index contributed by atoms with van der Waals surface area (Å²) in [5.74, 6) is -1.02. The summed E-state index contributed by atoms with van der Waals surface area (Å²) in [4.78, 5) is 0. The van der Waals surface area contributed by atoms with Gasteiger partial charge in [0, 0.05) is 10.5 Å². The number of rotatable bonds is 2. The van der Waals surface area contributed by atoms with Crippen molar-refractivity contribution in [2.75, 3.05) is 0 Å². The lowest BCUT2D eigenvalue weighted by Gasteiger charge is -2.00. The monoisotopic (exact) mass is 274 g/mol. The van der Waals surface area contributed by atoms with Gasteiger partial charge in [0.1, 0.15) is 11.6 Å². The molecule has 0 amide bonds. The summed E-state index contributed by atoms with van der Waals surface area (Å²) in [6.45, 7) is 0. The molecule has 5 N–H and O–H groups in total. The van der Waals surface area contributed by atoms with Crippen LogP contribution in [-0.4, -0.2) is 17.3 Å². The number of hydrogen-bond acceptors (Lipinski definition) is 3. The zero-order valence-electron chi connectivity index (χ0n) is 7.48. The van der Waals surface area contributed by atoms with Gasteiger partial charge in [-0.1, -0.05) is 0 Å². The Morgan fingerprint density at radius 3 is 2.67 bits per heavy atom. The molecule has 0 unspecified atom stereocenters. The molecule has 5 nitrogen and oxygen atoms in total. The van der Waals surface area contributed by atoms with Gasteiger partial charge >= 0.3 is 0 Å². The minimum absolute atomic E-state index is 0.205. The third-order valence-electron chi connectivity index (χ3n) is 1.43. The third kappa shape index (κ3) is 3.21. The molecule has 0 fully saturated rings. The van der Waals surface area contributed by atoms with Crippen LogP contribution in [0.4, 0.5) is 4.39 Å². The maximum absolute atomic E-state index is 12.8. The lowest BCUT2D eigenvalue weighted by Crippen LogP contribution is -2.21. The van der Waals surface area contributed by atoms with Gasteiger partial charge in [-0.25, -0.2) is 4.39 Å². The first-order valence-corrected chi connectivity index (χ1v) is 4.60. The number of hydrogen-bond donors (Lipinski definition) is 3. The van der Waals surface area contributed by atoms with Crippen molar-refractivity contribution >= 4 is 28.1 Å². The second-order valence-electron chi connectivity index (χ2n) is 2.59. The van der Waals surface area contributed by atoms with Crippen LogP contribution in [0.1, 0.15) is 5.56 Å². The van der Waals surface area contributed by atoms with Crippen LogP contribution >= 0.6 is 15.9 Å². The van der Waals surface area contributed by atoms with Gasteiger partial charge in [-0.15, -0.1) is 5.10 Å². The number of guanidine groups is 1. The molecule has 1 aromatic carbocycles. The number of halogens is 2. The minimum Gasteiger partial charge on any atom is -0.507 e. The Balaban J connectivity index is 3.05. The predicted molar refractivity (Wildman–Crippen MR) is 59.2 cm³/mol. The number of nitrogens with two attached hydrogens (primary N) is 2. The largest absolute Gasteiger partial charge is 0.507 e. The van der Waals surface area contributed by atoms with Gasteiger partial charge in [0.15, 0.2) is 0 Å². The normalized spacial score (nSPS) is 10.5. The molecule has 0 aromatic heterocycles. The van der Waals surface area contributed by atoms with E-state index in [2.05, 4.69) is 26.1 Å². The van der Waals surface area contributed by atoms with E-state index < -0.39 is 5.82 Å². The quantitative estimate of drug-likeness (QED) is 0.425. The van der Waals surface area contributed by atoms with Gasteiger partial charge in [-0.2, -0.15) is 5.10 Å². The first kappa shape index (κ1) is 11.4. The highest BCUT2D eigenvalue weighted by Crippen LogP contribution is 2.25. The average molecular weight is 275 g/mol. The lowest BCUT2D eigenvalue weighted by atomic mass is 10.2. The highest BCUT2D eigenvalue weighted by molar-refractivity contribution is 9.10. The van der Waals surface area contributed by atoms with E-state index in [9.17, 15) is 9.50 Å². The molecule has 0 aliphatic carbocycles. The molecule has 1 rings (SSSR count). The van der Waals surface area contributed by atoms with E-state index in [1.807, 2.05) is 0 Å². The van der Waals surface area contributed by atoms with Crippen LogP contribution < -0.4 is 11.5 Å². The summed E-state index contributed by atoms with van der Waals surface area (Å²) in [6.07, 6.45) is 1.21. The van der Waals surface area contributed by atoms with Crippen LogP contribution in [0.15, 0.2) is 26.8 Å². The summed E-state index contributed by atoms with van der Waals surface area (Å²) in [5, 5.41) is 16.2. The molecule has 0 aliphatic rings. The predicted octanol–water partition coefficient (Wildman–Crippen LogP) is 0.901. The number of aromatic hydroxyl groups is 1. The van der Waals surface area contributed by atoms with Gasteiger partial charge in [0.25, 0.3) is 0 Å². The Kier molecular flexibility index (Phi) is 3.62. The third-order valence-corrected chi connectivity index (χ3v) is 2.09. The second kappa shape index (κ2) is 4.74. The molecule has 7 heteroatoms. The van der Waals surface area contributed by atoms with Crippen molar-refractivity contribution in [2.24, 2.45) is 21.7 Å². The Morgan fingerprint density at radius 2 is 2.13 bits per heavy atom. The molecule has 0 bridgehead atoms. The van der Waals surface area contributed by atoms with Gasteiger partial charge in [-0.3, -0.25) is 0 Å². The van der Waals surface area contributed by atoms with Crippen LogP contribution in [0.25, 0.3) is 0 Å². The van der Waals surface area contributed by atoms with Crippen molar-refractivity contribution in [2.45, 2.75) is 0 Å². The Hall–Kier alpha value is -1.63. The van der Waals surface area contributed by atoms with E-state index in [1.165, 1.54) is 12.3 Å². The van der Waals surface area contributed by atoms with Crippen molar-refractivity contribution < 1.29 is 9.50 Å². The van der Waals surface area contributed by atoms with E-state index in [1.54, 1.807) is 0 Å². The maximum atomic E-state index is 12.8. The topological polar surface area (TPSA) is 97.0 Å². The van der Waals surface area contributed by atoms with E-state index in [0.717, 1.165) is 6.07 Å². The molecule has 0 saturated carbocycles. The van der Waals surface area contributed by atoms with Crippen LogP contribution in [0.3, 0.4) is 0 Å². The lowest BCUT2D eigenvalue weighted by molar-refractivity contribution is 0.467. The molecule has 0 heterocycles. The van der Waals surface area contributed by atoms with Gasteiger partial charge < -0.3 is 16.6 Å². The summed E-state index contributed by atoms with van der Waals surface area (Å²) in [5.41, 5.74) is 10.4. The van der Waals surface area contributed by atoms with Crippen molar-refractivity contribution in [3.8, 4) is 5.75 Å². The number of benzene rings is 1. The Morgan fingerprint density at radius 1 is 1.47 bits per heavy atom. The molecular formula is C8H8BrFN4O. The fourth-order valence-electron chi connectivity index (χ4n) is 0.852. The second-order valence-corrected chi connectivity index (χ2v) is 3.44. The smallest absolute Gasteiger partial charge is 0.211 e. The van der Waals surface area contributed by atoms with Crippen LogP contribution in [-0.2, 0) is 0 Å². The SMILES string of the molecule is NC(N)=NN=Cc1c(O)cc(F)cc1Br. The average Bonchev–Trinajstić information content (AvgIpc) is 2.08. The standard InChI is InChI=1S/C8H8BrFN4O/c9-6-1-4(10)2-7(15)5(6)3-13-14-8(11)12/h1-3,15H,(H4,11,12,14). The number of nitrogens with zero attached hydrogens (tertiary/aromatic N) is 2. The van der Waals surface area contributed by atoms with Crippen LogP contribution in [0.5, 0.6) is 5.75 Å². The van der Waals surface area contributed by atoms with Gasteiger partial charge in [0.2, 0.25) is 5.96 Å². The van der Waals surface area contributed by atoms with Crippen LogP contribution in [0.2, 0.25) is 0 Å². The highest BCUT2D eigenvalue weighted by Gasteiger charge is 2.06. The molecule has 80 valence electrons. The minimum atomic E-state index is -0.557. The van der Waals surface area contributed by atoms with Crippen molar-refractivity contribution in [1.82, 2.24) is 0 Å². The first-order valence-electron chi connectivity index (χ1n) is 3.80. The molecule has 0 saturated heterocycles. The fraction of sp³-hybridized carbons (Fsp3) is 0. The van der Waals surface area contributed by atoms with E-state index in [0.29, 0.717) is 10.0 Å². The van der Waals surface area contributed by atoms with Crippen molar-refractivity contribution in [3.05, 3.63) is 28.0 Å². The summed E-state index contributed by atoms with van der Waals surface area (Å²) >= 11 is 3.06. The Bertz CT molecular complexity index is 406.